The van der Waals surface area contributed by atoms with Gasteiger partial charge in [-0.05, 0) is 7.05 Å². The number of nitrogens with zero attached hydrogens (tertiary/aromatic N) is 3. The highest BCUT2D eigenvalue weighted by Gasteiger charge is 2.42. The van der Waals surface area contributed by atoms with E-state index in [1.807, 2.05) is 0 Å². The lowest BCUT2D eigenvalue weighted by Gasteiger charge is -2.25. The molecule has 2 aliphatic heterocycles. The molecule has 0 radical (unpaired) electrons. The summed E-state index contributed by atoms with van der Waals surface area (Å²) in [5.41, 5.74) is 0. The second kappa shape index (κ2) is 7.91. The van der Waals surface area contributed by atoms with Gasteiger partial charge in [-0.1, -0.05) is 0 Å². The van der Waals surface area contributed by atoms with Crippen molar-refractivity contribution in [1.82, 2.24) is 14.7 Å². The minimum absolute atomic E-state index is 0.0651. The fourth-order valence-corrected chi connectivity index (χ4v) is 3.33. The van der Waals surface area contributed by atoms with Gasteiger partial charge in [-0.3, -0.25) is 19.3 Å². The van der Waals surface area contributed by atoms with E-state index in [4.69, 9.17) is 9.84 Å². The molecule has 2 saturated heterocycles. The molecule has 9 heteroatoms. The first kappa shape index (κ1) is 18.6. The molecular weight excluding hydrogens is 318 g/mol. The van der Waals surface area contributed by atoms with Gasteiger partial charge in [-0.2, -0.15) is 0 Å². The average Bonchev–Trinajstić information content (AvgIpc) is 3.07. The first-order chi connectivity index (χ1) is 11.3. The molecule has 9 nitrogen and oxygen atoms in total. The van der Waals surface area contributed by atoms with Crippen LogP contribution in [0.1, 0.15) is 6.42 Å². The van der Waals surface area contributed by atoms with Crippen LogP contribution in [0.5, 0.6) is 0 Å². The quantitative estimate of drug-likeness (QED) is 0.554. The first-order valence-electron chi connectivity index (χ1n) is 7.99. The number of aliphatic carboxylic acids is 1. The van der Waals surface area contributed by atoms with Gasteiger partial charge in [0.25, 0.3) is 0 Å². The van der Waals surface area contributed by atoms with E-state index in [0.717, 1.165) is 0 Å². The number of likely N-dealkylation sites (tertiary alicyclic amines) is 2. The van der Waals surface area contributed by atoms with E-state index in [0.29, 0.717) is 19.7 Å². The van der Waals surface area contributed by atoms with Crippen molar-refractivity contribution in [2.45, 2.75) is 18.6 Å². The van der Waals surface area contributed by atoms with Crippen molar-refractivity contribution in [2.24, 2.45) is 5.92 Å². The second-order valence-corrected chi connectivity index (χ2v) is 6.42. The van der Waals surface area contributed by atoms with Gasteiger partial charge in [0, 0.05) is 39.7 Å². The Morgan fingerprint density at radius 2 is 2.04 bits per heavy atom. The molecule has 2 amide bonds. The molecule has 2 rings (SSSR count). The number of carboxylic acid groups (broad SMARTS) is 1. The molecule has 2 heterocycles. The number of carboxylic acids is 1. The van der Waals surface area contributed by atoms with Crippen LogP contribution in [-0.4, -0.2) is 108 Å². The molecule has 0 bridgehead atoms. The van der Waals surface area contributed by atoms with Crippen molar-refractivity contribution in [3.05, 3.63) is 0 Å². The maximum Gasteiger partial charge on any atom is 0.317 e. The first-order valence-corrected chi connectivity index (χ1v) is 7.99. The van der Waals surface area contributed by atoms with Crippen molar-refractivity contribution in [2.75, 3.05) is 53.5 Å². The van der Waals surface area contributed by atoms with Gasteiger partial charge in [0.1, 0.15) is 0 Å². The van der Waals surface area contributed by atoms with Crippen LogP contribution >= 0.6 is 0 Å². The van der Waals surface area contributed by atoms with Crippen molar-refractivity contribution < 1.29 is 29.3 Å². The van der Waals surface area contributed by atoms with Crippen LogP contribution in [0.2, 0.25) is 0 Å². The summed E-state index contributed by atoms with van der Waals surface area (Å²) in [6.07, 6.45) is -0.620. The molecule has 136 valence electrons. The van der Waals surface area contributed by atoms with Gasteiger partial charge in [0.05, 0.1) is 31.2 Å². The number of carbonyl (C=O) groups excluding carboxylic acids is 2. The number of likely N-dealkylation sites (N-methyl/N-ethyl adjacent to an activating group) is 1. The fraction of sp³-hybridized carbons (Fsp3) is 0.800. The topological polar surface area (TPSA) is 111 Å². The van der Waals surface area contributed by atoms with Crippen LogP contribution in [0.25, 0.3) is 0 Å². The van der Waals surface area contributed by atoms with Crippen molar-refractivity contribution in [3.8, 4) is 0 Å². The van der Waals surface area contributed by atoms with Gasteiger partial charge in [-0.25, -0.2) is 0 Å². The largest absolute Gasteiger partial charge is 0.480 e. The van der Waals surface area contributed by atoms with Gasteiger partial charge in [-0.15, -0.1) is 0 Å². The van der Waals surface area contributed by atoms with Gasteiger partial charge in [0.2, 0.25) is 11.8 Å². The number of rotatable bonds is 7. The van der Waals surface area contributed by atoms with Gasteiger partial charge >= 0.3 is 5.97 Å². The summed E-state index contributed by atoms with van der Waals surface area (Å²) in [5.74, 6) is -1.62. The lowest BCUT2D eigenvalue weighted by Crippen LogP contribution is -2.43. The fourth-order valence-electron chi connectivity index (χ4n) is 3.33. The maximum absolute atomic E-state index is 12.6. The standard InChI is InChI=1S/C15H25N3O6/c1-16(9-14(21)22)11-7-18(8-12(11)19)15(23)10-5-13(20)17(6-10)3-4-24-2/h10-12,19H,3-9H2,1-2H3,(H,21,22)/t10-,11+,12-/m1/s1. The molecule has 0 aromatic rings. The van der Waals surface area contributed by atoms with E-state index in [1.54, 1.807) is 19.1 Å². The van der Waals surface area contributed by atoms with Gasteiger partial charge < -0.3 is 24.7 Å². The van der Waals surface area contributed by atoms with E-state index in [2.05, 4.69) is 0 Å². The van der Waals surface area contributed by atoms with Crippen LogP contribution in [0, 0.1) is 5.92 Å². The molecule has 0 aliphatic carbocycles. The predicted molar refractivity (Wildman–Crippen MR) is 83.2 cm³/mol. The molecule has 2 aliphatic rings. The van der Waals surface area contributed by atoms with E-state index in [-0.39, 0.29) is 37.9 Å². The number of hydrogen-bond donors (Lipinski definition) is 2. The SMILES string of the molecule is COCCN1C[C@H](C(=O)N2C[C@@H](O)[C@@H](N(C)CC(=O)O)C2)CC1=O. The molecule has 0 aromatic heterocycles. The molecule has 2 N–H and O–H groups in total. The third-order valence-electron chi connectivity index (χ3n) is 4.65. The zero-order valence-electron chi connectivity index (χ0n) is 14.1. The number of aliphatic hydroxyl groups excluding tert-OH is 1. The monoisotopic (exact) mass is 343 g/mol. The summed E-state index contributed by atoms with van der Waals surface area (Å²) < 4.78 is 4.96. The normalized spacial score (nSPS) is 27.3. The van der Waals surface area contributed by atoms with Crippen molar-refractivity contribution in [1.29, 1.82) is 0 Å². The summed E-state index contributed by atoms with van der Waals surface area (Å²) >= 11 is 0. The van der Waals surface area contributed by atoms with Crippen molar-refractivity contribution in [3.63, 3.8) is 0 Å². The number of carbonyl (C=O) groups is 3. The smallest absolute Gasteiger partial charge is 0.317 e. The third kappa shape index (κ3) is 4.22. The average molecular weight is 343 g/mol. The Morgan fingerprint density at radius 1 is 1.33 bits per heavy atom. The molecule has 0 spiro atoms. The molecule has 0 aromatic carbocycles. The number of β-amino-alcohol motifs (C(OH)–C–C–N with tert-alkyl or cyclic N) is 1. The summed E-state index contributed by atoms with van der Waals surface area (Å²) in [7, 11) is 3.17. The Labute approximate surface area is 140 Å². The summed E-state index contributed by atoms with van der Waals surface area (Å²) in [4.78, 5) is 40.0. The minimum Gasteiger partial charge on any atom is -0.480 e. The zero-order chi connectivity index (χ0) is 17.9. The Bertz CT molecular complexity index is 500. The number of aliphatic hydroxyl groups is 1. The Hall–Kier alpha value is -1.71. The van der Waals surface area contributed by atoms with Crippen molar-refractivity contribution >= 4 is 17.8 Å². The highest BCUT2D eigenvalue weighted by molar-refractivity contribution is 5.89. The van der Waals surface area contributed by atoms with E-state index in [9.17, 15) is 19.5 Å². The van der Waals surface area contributed by atoms with Gasteiger partial charge in [0.15, 0.2) is 0 Å². The van der Waals surface area contributed by atoms with E-state index < -0.39 is 24.0 Å². The molecule has 3 atom stereocenters. The molecule has 24 heavy (non-hydrogen) atoms. The van der Waals surface area contributed by atoms with Crippen LogP contribution < -0.4 is 0 Å². The number of ether oxygens (including phenoxy) is 1. The number of methoxy groups -OCH3 is 1. The minimum atomic E-state index is -0.982. The van der Waals surface area contributed by atoms with Crippen LogP contribution in [-0.2, 0) is 19.1 Å². The molecule has 0 saturated carbocycles. The molecule has 2 fully saturated rings. The predicted octanol–water partition coefficient (Wildman–Crippen LogP) is -1.93. The Morgan fingerprint density at radius 3 is 2.67 bits per heavy atom. The highest BCUT2D eigenvalue weighted by atomic mass is 16.5. The second-order valence-electron chi connectivity index (χ2n) is 6.42. The number of amides is 2. The summed E-state index contributed by atoms with van der Waals surface area (Å²) in [6.45, 7) is 1.49. The Kier molecular flexibility index (Phi) is 6.14. The summed E-state index contributed by atoms with van der Waals surface area (Å²) in [5, 5.41) is 19.0. The number of hydrogen-bond acceptors (Lipinski definition) is 6. The highest BCUT2D eigenvalue weighted by Crippen LogP contribution is 2.23. The van der Waals surface area contributed by atoms with Crippen LogP contribution in [0.3, 0.4) is 0 Å². The lowest BCUT2D eigenvalue weighted by atomic mass is 10.1. The third-order valence-corrected chi connectivity index (χ3v) is 4.65. The Balaban J connectivity index is 1.92. The molecule has 0 unspecified atom stereocenters. The lowest BCUT2D eigenvalue weighted by molar-refractivity contribution is -0.138. The van der Waals surface area contributed by atoms with E-state index >= 15 is 0 Å². The van der Waals surface area contributed by atoms with E-state index in [1.165, 1.54) is 9.80 Å². The molecular formula is C15H25N3O6. The van der Waals surface area contributed by atoms with Crippen LogP contribution in [0.4, 0.5) is 0 Å². The summed E-state index contributed by atoms with van der Waals surface area (Å²) in [6, 6.07) is -0.410. The maximum atomic E-state index is 12.6. The zero-order valence-corrected chi connectivity index (χ0v) is 14.1. The van der Waals surface area contributed by atoms with Crippen LogP contribution in [0.15, 0.2) is 0 Å².